The van der Waals surface area contributed by atoms with Crippen LogP contribution in [-0.2, 0) is 16.0 Å². The highest BCUT2D eigenvalue weighted by Gasteiger charge is 2.22. The summed E-state index contributed by atoms with van der Waals surface area (Å²) in [6.07, 6.45) is 4.41. The van der Waals surface area contributed by atoms with Gasteiger partial charge < -0.3 is 20.3 Å². The van der Waals surface area contributed by atoms with Crippen molar-refractivity contribution in [2.24, 2.45) is 0 Å². The third-order valence-electron chi connectivity index (χ3n) is 5.94. The highest BCUT2D eigenvalue weighted by atomic mass is 19.1. The van der Waals surface area contributed by atoms with Gasteiger partial charge in [-0.15, -0.1) is 0 Å². The Morgan fingerprint density at radius 1 is 1.10 bits per heavy atom. The zero-order valence-corrected chi connectivity index (χ0v) is 21.0. The molecule has 4 amide bonds. The van der Waals surface area contributed by atoms with Gasteiger partial charge in [0.1, 0.15) is 17.4 Å². The number of pyridine rings is 1. The van der Waals surface area contributed by atoms with Crippen LogP contribution in [0, 0.1) is 11.6 Å². The Hall–Kier alpha value is -4.80. The molecular weight excluding hydrogens is 508 g/mol. The number of benzene rings is 2. The average molecular weight is 536 g/mol. The van der Waals surface area contributed by atoms with Crippen molar-refractivity contribution in [3.63, 3.8) is 0 Å². The van der Waals surface area contributed by atoms with E-state index < -0.39 is 23.6 Å². The Bertz CT molecular complexity index is 1370. The minimum Gasteiger partial charge on any atom is -0.454 e. The fraction of sp³-hybridized carbons (Fsp3) is 0.214. The monoisotopic (exact) mass is 535 g/mol. The second-order valence-electron chi connectivity index (χ2n) is 8.90. The van der Waals surface area contributed by atoms with Crippen LogP contribution in [0.25, 0.3) is 0 Å². The third-order valence-corrected chi connectivity index (χ3v) is 5.94. The lowest BCUT2D eigenvalue weighted by Crippen LogP contribution is -2.44. The number of urea groups is 1. The van der Waals surface area contributed by atoms with Crippen LogP contribution in [0.5, 0.6) is 11.5 Å². The van der Waals surface area contributed by atoms with E-state index in [0.29, 0.717) is 30.2 Å². The zero-order valence-electron chi connectivity index (χ0n) is 21.0. The van der Waals surface area contributed by atoms with Gasteiger partial charge in [0.25, 0.3) is 0 Å². The standard InChI is InChI=1S/C28H27F2N5O4/c1-2-27(37)35-13-3-4-21(17-35)32-25-16-22(11-12-31-25)39-24-10-9-20(15-23(24)30)33-28(38)34-26(36)14-18-5-7-19(29)8-6-18/h2,5-12,15-16,21H,1,3-4,13-14,17H2,(H,31,32)(H2,33,34,36,38). The van der Waals surface area contributed by atoms with Crippen molar-refractivity contribution < 1.29 is 27.9 Å². The molecule has 1 aliphatic heterocycles. The van der Waals surface area contributed by atoms with Crippen LogP contribution in [-0.4, -0.2) is 46.9 Å². The second kappa shape index (κ2) is 12.6. The SMILES string of the molecule is C=CC(=O)N1CCCC(Nc2cc(Oc3ccc(NC(=O)NC(=O)Cc4ccc(F)cc4)cc3F)ccn2)C1. The topological polar surface area (TPSA) is 113 Å². The summed E-state index contributed by atoms with van der Waals surface area (Å²) in [6, 6.07) is 11.5. The number of piperidine rings is 1. The number of nitrogens with one attached hydrogen (secondary N) is 3. The number of hydrogen-bond donors (Lipinski definition) is 3. The Morgan fingerprint density at radius 2 is 1.90 bits per heavy atom. The van der Waals surface area contributed by atoms with Crippen molar-refractivity contribution in [1.82, 2.24) is 15.2 Å². The van der Waals surface area contributed by atoms with Crippen LogP contribution in [0.15, 0.2) is 73.4 Å². The maximum atomic E-state index is 14.7. The number of anilines is 2. The number of ether oxygens (including phenoxy) is 1. The molecule has 9 nitrogen and oxygen atoms in total. The number of carbonyl (C=O) groups excluding carboxylic acids is 3. The molecule has 1 fully saturated rings. The lowest BCUT2D eigenvalue weighted by molar-refractivity contribution is -0.127. The van der Waals surface area contributed by atoms with Crippen LogP contribution < -0.4 is 20.7 Å². The molecule has 0 bridgehead atoms. The van der Waals surface area contributed by atoms with Crippen molar-refractivity contribution in [3.8, 4) is 11.5 Å². The molecular formula is C28H27F2N5O4. The Balaban J connectivity index is 1.31. The van der Waals surface area contributed by atoms with E-state index in [1.807, 2.05) is 0 Å². The summed E-state index contributed by atoms with van der Waals surface area (Å²) in [6.45, 7) is 4.73. The minimum absolute atomic E-state index is 0.00112. The molecule has 3 aromatic rings. The summed E-state index contributed by atoms with van der Waals surface area (Å²) >= 11 is 0. The molecule has 1 saturated heterocycles. The number of rotatable bonds is 8. The van der Waals surface area contributed by atoms with Crippen LogP contribution in [0.2, 0.25) is 0 Å². The number of amides is 4. The van der Waals surface area contributed by atoms with Gasteiger partial charge in [-0.3, -0.25) is 14.9 Å². The summed E-state index contributed by atoms with van der Waals surface area (Å²) in [5.41, 5.74) is 0.646. The summed E-state index contributed by atoms with van der Waals surface area (Å²) in [7, 11) is 0. The van der Waals surface area contributed by atoms with Gasteiger partial charge in [-0.2, -0.15) is 0 Å². The molecule has 0 spiro atoms. The van der Waals surface area contributed by atoms with E-state index in [4.69, 9.17) is 4.74 Å². The predicted molar refractivity (Wildman–Crippen MR) is 141 cm³/mol. The normalized spacial score (nSPS) is 14.7. The Kier molecular flexibility index (Phi) is 8.82. The van der Waals surface area contributed by atoms with Gasteiger partial charge in [-0.1, -0.05) is 18.7 Å². The summed E-state index contributed by atoms with van der Waals surface area (Å²) < 4.78 is 33.4. The maximum absolute atomic E-state index is 14.7. The molecule has 1 unspecified atom stereocenters. The lowest BCUT2D eigenvalue weighted by Gasteiger charge is -2.32. The van der Waals surface area contributed by atoms with Crippen molar-refractivity contribution in [2.45, 2.75) is 25.3 Å². The van der Waals surface area contributed by atoms with E-state index in [0.717, 1.165) is 18.9 Å². The number of hydrogen-bond acceptors (Lipinski definition) is 6. The summed E-state index contributed by atoms with van der Waals surface area (Å²) in [5.74, 6) is -1.10. The number of aromatic nitrogens is 1. The molecule has 2 heterocycles. The molecule has 39 heavy (non-hydrogen) atoms. The number of halogens is 2. The summed E-state index contributed by atoms with van der Waals surface area (Å²) in [4.78, 5) is 42.1. The van der Waals surface area contributed by atoms with Crippen molar-refractivity contribution in [2.75, 3.05) is 23.7 Å². The third kappa shape index (κ3) is 7.84. The first-order valence-electron chi connectivity index (χ1n) is 12.3. The largest absolute Gasteiger partial charge is 0.454 e. The molecule has 0 radical (unpaired) electrons. The Morgan fingerprint density at radius 3 is 2.64 bits per heavy atom. The van der Waals surface area contributed by atoms with E-state index in [1.54, 1.807) is 17.0 Å². The average Bonchev–Trinajstić information content (AvgIpc) is 2.91. The van der Waals surface area contributed by atoms with Crippen molar-refractivity contribution in [1.29, 1.82) is 0 Å². The van der Waals surface area contributed by atoms with E-state index in [2.05, 4.69) is 27.5 Å². The maximum Gasteiger partial charge on any atom is 0.325 e. The minimum atomic E-state index is -0.837. The van der Waals surface area contributed by atoms with E-state index in [-0.39, 0.29) is 29.8 Å². The van der Waals surface area contributed by atoms with Crippen LogP contribution in [0.3, 0.4) is 0 Å². The zero-order chi connectivity index (χ0) is 27.8. The molecule has 0 saturated carbocycles. The number of likely N-dealkylation sites (tertiary alicyclic amines) is 1. The van der Waals surface area contributed by atoms with Gasteiger partial charge in [-0.05, 0) is 54.8 Å². The molecule has 11 heteroatoms. The van der Waals surface area contributed by atoms with Gasteiger partial charge in [0.05, 0.1) is 6.42 Å². The van der Waals surface area contributed by atoms with E-state index in [9.17, 15) is 23.2 Å². The first-order chi connectivity index (χ1) is 18.8. The first kappa shape index (κ1) is 27.2. The quantitative estimate of drug-likeness (QED) is 0.363. The highest BCUT2D eigenvalue weighted by Crippen LogP contribution is 2.28. The smallest absolute Gasteiger partial charge is 0.325 e. The summed E-state index contributed by atoms with van der Waals surface area (Å²) in [5, 5.41) is 7.81. The highest BCUT2D eigenvalue weighted by molar-refractivity contribution is 6.01. The number of nitrogens with zero attached hydrogens (tertiary/aromatic N) is 2. The van der Waals surface area contributed by atoms with Crippen LogP contribution in [0.1, 0.15) is 18.4 Å². The molecule has 3 N–H and O–H groups in total. The van der Waals surface area contributed by atoms with Crippen molar-refractivity contribution >= 4 is 29.4 Å². The van der Waals surface area contributed by atoms with Gasteiger partial charge in [0.2, 0.25) is 11.8 Å². The molecule has 1 atom stereocenters. The van der Waals surface area contributed by atoms with E-state index >= 15 is 0 Å². The lowest BCUT2D eigenvalue weighted by atomic mass is 10.1. The Labute approximate surface area is 223 Å². The molecule has 4 rings (SSSR count). The molecule has 1 aromatic heterocycles. The molecule has 2 aromatic carbocycles. The van der Waals surface area contributed by atoms with Gasteiger partial charge >= 0.3 is 6.03 Å². The van der Waals surface area contributed by atoms with Gasteiger partial charge in [0, 0.05) is 43.1 Å². The molecule has 0 aliphatic carbocycles. The van der Waals surface area contributed by atoms with Gasteiger partial charge in [-0.25, -0.2) is 18.6 Å². The molecule has 202 valence electrons. The van der Waals surface area contributed by atoms with Crippen LogP contribution in [0.4, 0.5) is 25.1 Å². The van der Waals surface area contributed by atoms with Crippen LogP contribution >= 0.6 is 0 Å². The van der Waals surface area contributed by atoms with Gasteiger partial charge in [0.15, 0.2) is 11.6 Å². The predicted octanol–water partition coefficient (Wildman–Crippen LogP) is 4.63. The number of carbonyl (C=O) groups is 3. The fourth-order valence-electron chi connectivity index (χ4n) is 4.10. The number of imide groups is 1. The van der Waals surface area contributed by atoms with Crippen molar-refractivity contribution in [3.05, 3.63) is 90.6 Å². The first-order valence-corrected chi connectivity index (χ1v) is 12.3. The van der Waals surface area contributed by atoms with E-state index in [1.165, 1.54) is 48.7 Å². The second-order valence-corrected chi connectivity index (χ2v) is 8.90. The fourth-order valence-corrected chi connectivity index (χ4v) is 4.10. The molecule has 1 aliphatic rings.